The number of hydrogen-bond acceptors (Lipinski definition) is 6. The number of ether oxygens (including phenoxy) is 1. The molecule has 0 saturated carbocycles. The van der Waals surface area contributed by atoms with Gasteiger partial charge in [-0.25, -0.2) is 14.2 Å². The first-order chi connectivity index (χ1) is 17.9. The van der Waals surface area contributed by atoms with Gasteiger partial charge < -0.3 is 20.3 Å². The number of nitrogens with zero attached hydrogens (tertiary/aromatic N) is 3. The quantitative estimate of drug-likeness (QED) is 0.423. The maximum Gasteiger partial charge on any atom is 0.412 e. The number of methoxy groups -OCH3 is 1. The van der Waals surface area contributed by atoms with Crippen LogP contribution in [0.15, 0.2) is 42.7 Å². The molecule has 1 aliphatic rings. The summed E-state index contributed by atoms with van der Waals surface area (Å²) in [7, 11) is 1.32. The van der Waals surface area contributed by atoms with Gasteiger partial charge in [-0.05, 0) is 59.8 Å². The van der Waals surface area contributed by atoms with Crippen molar-refractivity contribution >= 4 is 29.2 Å². The van der Waals surface area contributed by atoms with Crippen molar-refractivity contribution in [1.29, 1.82) is 0 Å². The smallest absolute Gasteiger partial charge is 0.412 e. The van der Waals surface area contributed by atoms with E-state index >= 15 is 0 Å². The fraction of sp³-hybridized carbons (Fsp3) is 0.360. The Labute approximate surface area is 220 Å². The van der Waals surface area contributed by atoms with Gasteiger partial charge in [0.05, 0.1) is 18.2 Å². The summed E-state index contributed by atoms with van der Waals surface area (Å²) in [6.07, 6.45) is -2.92. The molecule has 0 radical (unpaired) electrons. The number of nitrogens with one attached hydrogen (secondary N) is 2. The summed E-state index contributed by atoms with van der Waals surface area (Å²) in [5.41, 5.74) is 0.0619. The standard InChI is InChI=1S/C25H25F4N5O3S/c1-14-4-6-17(11-18(14)26)24(22-30-13-31-38-22)8-9-34(12-24)23(36)33-19-10-16(5-7-20(19)37-3)21(25(27,28)29)32-15(2)35/h4-7,10-11,13,21H,8-9,12H2,1-3H3,(H,32,35)(H,33,36)/t21-,24?/m1/s1. The number of alkyl halides is 3. The molecule has 4 rings (SSSR count). The highest BCUT2D eigenvalue weighted by Crippen LogP contribution is 2.42. The average Bonchev–Trinajstić information content (AvgIpc) is 3.55. The van der Waals surface area contributed by atoms with E-state index in [1.54, 1.807) is 19.1 Å². The van der Waals surface area contributed by atoms with E-state index in [9.17, 15) is 27.2 Å². The van der Waals surface area contributed by atoms with E-state index in [-0.39, 0.29) is 35.9 Å². The van der Waals surface area contributed by atoms with Crippen LogP contribution >= 0.6 is 11.5 Å². The van der Waals surface area contributed by atoms with Crippen molar-refractivity contribution < 1.29 is 31.9 Å². The molecule has 1 aliphatic heterocycles. The van der Waals surface area contributed by atoms with Crippen LogP contribution in [0.25, 0.3) is 0 Å². The summed E-state index contributed by atoms with van der Waals surface area (Å²) in [6.45, 7) is 3.07. The van der Waals surface area contributed by atoms with E-state index in [1.165, 1.54) is 36.5 Å². The van der Waals surface area contributed by atoms with E-state index in [0.717, 1.165) is 24.5 Å². The van der Waals surface area contributed by atoms with Gasteiger partial charge in [0.25, 0.3) is 0 Å². The zero-order valence-electron chi connectivity index (χ0n) is 20.7. The lowest BCUT2D eigenvalue weighted by Crippen LogP contribution is -2.38. The SMILES string of the molecule is COc1ccc([C@@H](NC(C)=O)C(F)(F)F)cc1NC(=O)N1CCC(c2ccc(C)c(F)c2)(c2ncns2)C1. The minimum absolute atomic E-state index is 0.00407. The Morgan fingerprint density at radius 2 is 1.97 bits per heavy atom. The van der Waals surface area contributed by atoms with Gasteiger partial charge in [0.2, 0.25) is 5.91 Å². The number of benzene rings is 2. The first kappa shape index (κ1) is 27.3. The topological polar surface area (TPSA) is 96.5 Å². The number of anilines is 1. The van der Waals surface area contributed by atoms with Crippen molar-refractivity contribution in [3.8, 4) is 5.75 Å². The van der Waals surface area contributed by atoms with Crippen molar-refractivity contribution in [2.45, 2.75) is 37.9 Å². The van der Waals surface area contributed by atoms with Gasteiger partial charge in [0, 0.05) is 20.0 Å². The van der Waals surface area contributed by atoms with Gasteiger partial charge in [0.1, 0.15) is 22.9 Å². The van der Waals surface area contributed by atoms with Crippen LogP contribution < -0.4 is 15.4 Å². The fourth-order valence-corrected chi connectivity index (χ4v) is 5.29. The molecule has 2 N–H and O–H groups in total. The summed E-state index contributed by atoms with van der Waals surface area (Å²) in [5, 5.41) is 5.15. The molecule has 8 nitrogen and oxygen atoms in total. The first-order valence-electron chi connectivity index (χ1n) is 11.6. The highest BCUT2D eigenvalue weighted by Gasteiger charge is 2.46. The predicted molar refractivity (Wildman–Crippen MR) is 133 cm³/mol. The molecule has 2 aromatic carbocycles. The van der Waals surface area contributed by atoms with Gasteiger partial charge in [0.15, 0.2) is 6.04 Å². The van der Waals surface area contributed by atoms with Crippen molar-refractivity contribution in [3.05, 3.63) is 70.2 Å². The Kier molecular flexibility index (Phi) is 7.58. The number of amides is 3. The normalized spacial score (nSPS) is 18.2. The van der Waals surface area contributed by atoms with Gasteiger partial charge in [-0.1, -0.05) is 18.2 Å². The number of hydrogen-bond donors (Lipinski definition) is 2. The number of carbonyl (C=O) groups is 2. The van der Waals surface area contributed by atoms with Crippen molar-refractivity contribution in [1.82, 2.24) is 19.6 Å². The third-order valence-electron chi connectivity index (χ3n) is 6.52. The molecule has 1 aromatic heterocycles. The molecular formula is C25H25F4N5O3S. The predicted octanol–water partition coefficient (Wildman–Crippen LogP) is 4.96. The molecule has 2 heterocycles. The number of urea groups is 1. The molecule has 3 amide bonds. The summed E-state index contributed by atoms with van der Waals surface area (Å²) < 4.78 is 64.8. The van der Waals surface area contributed by atoms with Crippen LogP contribution in [0.1, 0.15) is 41.1 Å². The van der Waals surface area contributed by atoms with Crippen LogP contribution in [-0.2, 0) is 10.2 Å². The highest BCUT2D eigenvalue weighted by atomic mass is 32.1. The molecular weight excluding hydrogens is 526 g/mol. The monoisotopic (exact) mass is 551 g/mol. The summed E-state index contributed by atoms with van der Waals surface area (Å²) >= 11 is 1.16. The Morgan fingerprint density at radius 3 is 2.58 bits per heavy atom. The number of carbonyl (C=O) groups excluding carboxylic acids is 2. The van der Waals surface area contributed by atoms with E-state index in [1.807, 2.05) is 5.32 Å². The molecule has 1 unspecified atom stereocenters. The number of aromatic nitrogens is 2. The molecule has 1 fully saturated rings. The highest BCUT2D eigenvalue weighted by molar-refractivity contribution is 7.05. The van der Waals surface area contributed by atoms with Crippen molar-refractivity contribution in [2.75, 3.05) is 25.5 Å². The van der Waals surface area contributed by atoms with E-state index in [2.05, 4.69) is 14.7 Å². The molecule has 2 atom stereocenters. The fourth-order valence-electron chi connectivity index (χ4n) is 4.55. The second-order valence-electron chi connectivity index (χ2n) is 9.03. The Hall–Kier alpha value is -3.74. The van der Waals surface area contributed by atoms with Crippen molar-refractivity contribution in [2.24, 2.45) is 0 Å². The van der Waals surface area contributed by atoms with Gasteiger partial charge >= 0.3 is 12.2 Å². The second kappa shape index (κ2) is 10.6. The average molecular weight is 552 g/mol. The molecule has 1 saturated heterocycles. The van der Waals surface area contributed by atoms with E-state index in [4.69, 9.17) is 4.74 Å². The van der Waals surface area contributed by atoms with Gasteiger partial charge in [-0.15, -0.1) is 0 Å². The molecule has 38 heavy (non-hydrogen) atoms. The summed E-state index contributed by atoms with van der Waals surface area (Å²) in [4.78, 5) is 30.5. The minimum atomic E-state index is -4.76. The summed E-state index contributed by atoms with van der Waals surface area (Å²) in [6, 6.07) is 5.63. The lowest BCUT2D eigenvalue weighted by atomic mass is 9.80. The molecule has 0 aliphatic carbocycles. The Balaban J connectivity index is 1.62. The van der Waals surface area contributed by atoms with E-state index in [0.29, 0.717) is 22.6 Å². The molecule has 13 heteroatoms. The number of rotatable bonds is 6. The van der Waals surface area contributed by atoms with Crippen LogP contribution in [0.3, 0.4) is 0 Å². The Bertz CT molecular complexity index is 1340. The molecule has 0 bridgehead atoms. The summed E-state index contributed by atoms with van der Waals surface area (Å²) in [5.74, 6) is -1.10. The van der Waals surface area contributed by atoms with Crippen LogP contribution in [-0.4, -0.2) is 52.6 Å². The maximum atomic E-state index is 14.5. The number of likely N-dealkylation sites (tertiary alicyclic amines) is 1. The lowest BCUT2D eigenvalue weighted by molar-refractivity contribution is -0.162. The van der Waals surface area contributed by atoms with Crippen LogP contribution in [0.4, 0.5) is 28.0 Å². The minimum Gasteiger partial charge on any atom is -0.495 e. The number of aryl methyl sites for hydroxylation is 1. The van der Waals surface area contributed by atoms with Crippen LogP contribution in [0, 0.1) is 12.7 Å². The Morgan fingerprint density at radius 1 is 1.21 bits per heavy atom. The number of halogens is 4. The third kappa shape index (κ3) is 5.42. The van der Waals surface area contributed by atoms with Gasteiger partial charge in [-0.3, -0.25) is 4.79 Å². The largest absolute Gasteiger partial charge is 0.495 e. The maximum absolute atomic E-state index is 14.5. The molecule has 3 aromatic rings. The van der Waals surface area contributed by atoms with Gasteiger partial charge in [-0.2, -0.15) is 17.5 Å². The van der Waals surface area contributed by atoms with Crippen LogP contribution in [0.2, 0.25) is 0 Å². The zero-order valence-corrected chi connectivity index (χ0v) is 21.5. The first-order valence-corrected chi connectivity index (χ1v) is 12.3. The molecule has 202 valence electrons. The second-order valence-corrected chi connectivity index (χ2v) is 9.81. The van der Waals surface area contributed by atoms with E-state index < -0.39 is 29.6 Å². The molecule has 0 spiro atoms. The zero-order chi connectivity index (χ0) is 27.7. The van der Waals surface area contributed by atoms with Crippen molar-refractivity contribution in [3.63, 3.8) is 0 Å². The lowest BCUT2D eigenvalue weighted by Gasteiger charge is -2.28. The third-order valence-corrected chi connectivity index (χ3v) is 7.39. The van der Waals surface area contributed by atoms with Crippen LogP contribution in [0.5, 0.6) is 5.75 Å².